The first-order chi connectivity index (χ1) is 13.1. The second-order valence-electron chi connectivity index (χ2n) is 8.07. The van der Waals surface area contributed by atoms with Crippen molar-refractivity contribution in [2.75, 3.05) is 11.9 Å². The maximum atomic E-state index is 6.16. The molecule has 3 saturated heterocycles. The highest BCUT2D eigenvalue weighted by molar-refractivity contribution is 7.80. The van der Waals surface area contributed by atoms with Gasteiger partial charge in [0.25, 0.3) is 0 Å². The van der Waals surface area contributed by atoms with Gasteiger partial charge in [-0.1, -0.05) is 11.6 Å². The predicted molar refractivity (Wildman–Crippen MR) is 108 cm³/mol. The molecular weight excluding hydrogens is 404 g/mol. The first kappa shape index (κ1) is 20.3. The summed E-state index contributed by atoms with van der Waals surface area (Å²) < 4.78 is 29.9. The molecule has 3 heterocycles. The molecule has 0 unspecified atom stereocenters. The predicted octanol–water partition coefficient (Wildman–Crippen LogP) is 3.02. The smallest absolute Gasteiger partial charge is 0.189 e. The van der Waals surface area contributed by atoms with Gasteiger partial charge in [-0.2, -0.15) is 0 Å². The molecular formula is C19H25ClN2O5S. The lowest BCUT2D eigenvalue weighted by molar-refractivity contribution is -0.223. The number of anilines is 1. The minimum absolute atomic E-state index is 0.258. The number of thiocarbonyl (C=S) groups is 1. The number of ether oxygens (including phenoxy) is 5. The number of fused-ring (bicyclic) bond motifs is 1. The Bertz CT molecular complexity index is 744. The van der Waals surface area contributed by atoms with Crippen LogP contribution >= 0.6 is 23.8 Å². The van der Waals surface area contributed by atoms with Crippen LogP contribution in [-0.2, 0) is 23.7 Å². The lowest BCUT2D eigenvalue weighted by Gasteiger charge is -2.30. The van der Waals surface area contributed by atoms with Gasteiger partial charge in [-0.25, -0.2) is 0 Å². The Labute approximate surface area is 174 Å². The zero-order chi connectivity index (χ0) is 20.1. The number of nitrogens with one attached hydrogen (secondary N) is 2. The van der Waals surface area contributed by atoms with Gasteiger partial charge < -0.3 is 34.3 Å². The molecule has 7 nitrogen and oxygen atoms in total. The molecule has 1 aromatic carbocycles. The minimum Gasteiger partial charge on any atom is -0.354 e. The second-order valence-corrected chi connectivity index (χ2v) is 8.91. The van der Waals surface area contributed by atoms with Crippen LogP contribution in [0.1, 0.15) is 27.7 Å². The van der Waals surface area contributed by atoms with Crippen LogP contribution in [0.4, 0.5) is 5.69 Å². The average molecular weight is 429 g/mol. The first-order valence-corrected chi connectivity index (χ1v) is 10.1. The van der Waals surface area contributed by atoms with Gasteiger partial charge in [0.15, 0.2) is 23.0 Å². The molecule has 0 radical (unpaired) electrons. The van der Waals surface area contributed by atoms with Crippen LogP contribution in [0, 0.1) is 0 Å². The molecule has 0 bridgehead atoms. The number of benzene rings is 1. The topological polar surface area (TPSA) is 70.2 Å². The first-order valence-electron chi connectivity index (χ1n) is 9.28. The fourth-order valence-corrected chi connectivity index (χ4v) is 4.12. The summed E-state index contributed by atoms with van der Waals surface area (Å²) >= 11 is 11.5. The third kappa shape index (κ3) is 4.28. The van der Waals surface area contributed by atoms with E-state index in [1.807, 2.05) is 39.8 Å². The zero-order valence-electron chi connectivity index (χ0n) is 16.2. The molecule has 9 heteroatoms. The van der Waals surface area contributed by atoms with Gasteiger partial charge in [-0.05, 0) is 64.2 Å². The Balaban J connectivity index is 1.48. The molecule has 1 aromatic rings. The van der Waals surface area contributed by atoms with Crippen molar-refractivity contribution in [2.24, 2.45) is 0 Å². The van der Waals surface area contributed by atoms with E-state index in [0.29, 0.717) is 16.7 Å². The summed E-state index contributed by atoms with van der Waals surface area (Å²) in [6.07, 6.45) is -1.41. The van der Waals surface area contributed by atoms with Crippen molar-refractivity contribution in [1.29, 1.82) is 0 Å². The largest absolute Gasteiger partial charge is 0.354 e. The van der Waals surface area contributed by atoms with E-state index in [1.165, 1.54) is 0 Å². The number of rotatable bonds is 3. The summed E-state index contributed by atoms with van der Waals surface area (Å²) in [6.45, 7) is 7.92. The highest BCUT2D eigenvalue weighted by atomic mass is 35.5. The van der Waals surface area contributed by atoms with E-state index in [2.05, 4.69) is 10.6 Å². The lowest BCUT2D eigenvalue weighted by atomic mass is 10.0. The molecule has 3 aliphatic heterocycles. The number of halogens is 1. The Morgan fingerprint density at radius 1 is 1.04 bits per heavy atom. The summed E-state index contributed by atoms with van der Waals surface area (Å²) in [5.41, 5.74) is 0.833. The van der Waals surface area contributed by atoms with Crippen molar-refractivity contribution in [2.45, 2.75) is 69.9 Å². The number of hydrogen-bond donors (Lipinski definition) is 2. The van der Waals surface area contributed by atoms with Crippen LogP contribution in [0.15, 0.2) is 24.3 Å². The van der Waals surface area contributed by atoms with Crippen LogP contribution in [-0.4, -0.2) is 53.9 Å². The van der Waals surface area contributed by atoms with E-state index in [0.717, 1.165) is 5.69 Å². The summed E-state index contributed by atoms with van der Waals surface area (Å²) in [5, 5.41) is 7.60. The van der Waals surface area contributed by atoms with Gasteiger partial charge in [-0.3, -0.25) is 0 Å². The van der Waals surface area contributed by atoms with Gasteiger partial charge in [0.2, 0.25) is 0 Å². The Morgan fingerprint density at radius 2 is 1.75 bits per heavy atom. The van der Waals surface area contributed by atoms with Crippen LogP contribution in [0.3, 0.4) is 0 Å². The van der Waals surface area contributed by atoms with Crippen molar-refractivity contribution in [1.82, 2.24) is 5.32 Å². The molecule has 0 amide bonds. The van der Waals surface area contributed by atoms with Gasteiger partial charge in [0, 0.05) is 10.7 Å². The summed E-state index contributed by atoms with van der Waals surface area (Å²) in [6, 6.07) is 7.05. The Morgan fingerprint density at radius 3 is 2.39 bits per heavy atom. The van der Waals surface area contributed by atoms with E-state index in [4.69, 9.17) is 47.5 Å². The zero-order valence-corrected chi connectivity index (χ0v) is 17.8. The quantitative estimate of drug-likeness (QED) is 0.712. The summed E-state index contributed by atoms with van der Waals surface area (Å²) in [4.78, 5) is 0. The third-order valence-corrected chi connectivity index (χ3v) is 5.36. The minimum atomic E-state index is -0.724. The molecule has 0 spiro atoms. The Hall–Kier alpha value is -1.00. The molecule has 3 fully saturated rings. The highest BCUT2D eigenvalue weighted by Crippen LogP contribution is 2.40. The fourth-order valence-electron chi connectivity index (χ4n) is 3.74. The molecule has 0 aliphatic carbocycles. The van der Waals surface area contributed by atoms with E-state index in [9.17, 15) is 0 Å². The normalized spacial score (nSPS) is 35.5. The SMILES string of the molecule is CC1(C)O[C@H]2O[C@H]([C@H]3COC(C)(C)O3)[C@@H](NC(=S)Nc3ccc(Cl)cc3)[C@H]2O1. The highest BCUT2D eigenvalue weighted by Gasteiger charge is 2.58. The molecule has 4 rings (SSSR count). The molecule has 2 N–H and O–H groups in total. The fraction of sp³-hybridized carbons (Fsp3) is 0.632. The lowest BCUT2D eigenvalue weighted by Crippen LogP contribution is -2.53. The van der Waals surface area contributed by atoms with Crippen LogP contribution in [0.2, 0.25) is 5.02 Å². The molecule has 3 aliphatic rings. The monoisotopic (exact) mass is 428 g/mol. The Kier molecular flexibility index (Phi) is 5.33. The van der Waals surface area contributed by atoms with Gasteiger partial charge in [0.1, 0.15) is 18.3 Å². The summed E-state index contributed by atoms with van der Waals surface area (Å²) in [5.74, 6) is -1.38. The average Bonchev–Trinajstić information content (AvgIpc) is 3.20. The van der Waals surface area contributed by atoms with Crippen LogP contribution in [0.5, 0.6) is 0 Å². The molecule has 0 saturated carbocycles. The maximum absolute atomic E-state index is 6.16. The molecule has 0 aromatic heterocycles. The van der Waals surface area contributed by atoms with E-state index in [-0.39, 0.29) is 24.4 Å². The van der Waals surface area contributed by atoms with Crippen LogP contribution in [0.25, 0.3) is 0 Å². The van der Waals surface area contributed by atoms with Gasteiger partial charge in [-0.15, -0.1) is 0 Å². The van der Waals surface area contributed by atoms with E-state index in [1.54, 1.807) is 12.1 Å². The van der Waals surface area contributed by atoms with Crippen molar-refractivity contribution in [3.8, 4) is 0 Å². The molecule has 5 atom stereocenters. The number of hydrogen-bond acceptors (Lipinski definition) is 6. The van der Waals surface area contributed by atoms with Crippen LogP contribution < -0.4 is 10.6 Å². The van der Waals surface area contributed by atoms with E-state index < -0.39 is 17.9 Å². The van der Waals surface area contributed by atoms with Crippen molar-refractivity contribution in [3.05, 3.63) is 29.3 Å². The third-order valence-electron chi connectivity index (χ3n) is 4.88. The van der Waals surface area contributed by atoms with Gasteiger partial charge in [0.05, 0.1) is 12.6 Å². The molecule has 28 heavy (non-hydrogen) atoms. The van der Waals surface area contributed by atoms with Crippen molar-refractivity contribution >= 4 is 34.6 Å². The van der Waals surface area contributed by atoms with E-state index >= 15 is 0 Å². The van der Waals surface area contributed by atoms with Gasteiger partial charge >= 0.3 is 0 Å². The molecule has 154 valence electrons. The van der Waals surface area contributed by atoms with Crippen molar-refractivity contribution in [3.63, 3.8) is 0 Å². The summed E-state index contributed by atoms with van der Waals surface area (Å²) in [7, 11) is 0. The maximum Gasteiger partial charge on any atom is 0.189 e. The van der Waals surface area contributed by atoms with Crippen molar-refractivity contribution < 1.29 is 23.7 Å². The second kappa shape index (κ2) is 7.36. The standard InChI is InChI=1S/C19H25ClN2O5S/c1-18(2)23-9-12(25-18)14-13(15-16(24-14)27-19(3,4)26-15)22-17(28)21-11-7-5-10(20)6-8-11/h5-8,12-16H,9H2,1-4H3,(H2,21,22,28)/t12-,13-,14-,15-,16-/m1/s1.